The van der Waals surface area contributed by atoms with Gasteiger partial charge in [-0.15, -0.1) is 0 Å². The number of fused-ring (bicyclic) bond motifs is 1. The largest absolute Gasteiger partial charge is 0.380 e. The SMILES string of the molecule is COC1CCN(c2cc3c(cc2Br)C(N)C(=O)N3)C1. The summed E-state index contributed by atoms with van der Waals surface area (Å²) in [5, 5.41) is 2.82. The van der Waals surface area contributed by atoms with Crippen molar-refractivity contribution < 1.29 is 9.53 Å². The van der Waals surface area contributed by atoms with Crippen LogP contribution in [0.15, 0.2) is 16.6 Å². The summed E-state index contributed by atoms with van der Waals surface area (Å²) in [6.07, 6.45) is 1.29. The minimum absolute atomic E-state index is 0.143. The van der Waals surface area contributed by atoms with E-state index in [2.05, 4.69) is 26.1 Å². The molecule has 3 N–H and O–H groups in total. The molecule has 1 amide bonds. The van der Waals surface area contributed by atoms with Crippen molar-refractivity contribution in [2.45, 2.75) is 18.6 Å². The van der Waals surface area contributed by atoms with Crippen molar-refractivity contribution in [1.82, 2.24) is 0 Å². The molecule has 2 aliphatic heterocycles. The van der Waals surface area contributed by atoms with Crippen LogP contribution >= 0.6 is 15.9 Å². The molecule has 3 rings (SSSR count). The maximum atomic E-state index is 11.6. The second kappa shape index (κ2) is 4.77. The summed E-state index contributed by atoms with van der Waals surface area (Å²) in [6, 6.07) is 3.36. The molecule has 5 nitrogen and oxygen atoms in total. The molecule has 1 fully saturated rings. The lowest BCUT2D eigenvalue weighted by Gasteiger charge is -2.21. The van der Waals surface area contributed by atoms with Gasteiger partial charge in [-0.2, -0.15) is 0 Å². The van der Waals surface area contributed by atoms with Gasteiger partial charge in [0.15, 0.2) is 0 Å². The third kappa shape index (κ3) is 2.13. The molecule has 0 saturated carbocycles. The highest BCUT2D eigenvalue weighted by Crippen LogP contribution is 2.39. The normalized spacial score (nSPS) is 25.6. The number of rotatable bonds is 2. The molecule has 2 unspecified atom stereocenters. The van der Waals surface area contributed by atoms with Crippen LogP contribution < -0.4 is 16.0 Å². The number of ether oxygens (including phenoxy) is 1. The summed E-state index contributed by atoms with van der Waals surface area (Å²) >= 11 is 3.57. The molecule has 102 valence electrons. The molecule has 6 heteroatoms. The predicted molar refractivity (Wildman–Crippen MR) is 77.3 cm³/mol. The van der Waals surface area contributed by atoms with Gasteiger partial charge >= 0.3 is 0 Å². The summed E-state index contributed by atoms with van der Waals surface area (Å²) in [6.45, 7) is 1.82. The topological polar surface area (TPSA) is 67.6 Å². The van der Waals surface area contributed by atoms with Gasteiger partial charge in [0.05, 0.1) is 11.8 Å². The van der Waals surface area contributed by atoms with Crippen molar-refractivity contribution in [1.29, 1.82) is 0 Å². The quantitative estimate of drug-likeness (QED) is 0.867. The van der Waals surface area contributed by atoms with Crippen LogP contribution in [0.3, 0.4) is 0 Å². The Balaban J connectivity index is 1.92. The van der Waals surface area contributed by atoms with Crippen LogP contribution in [0.5, 0.6) is 0 Å². The van der Waals surface area contributed by atoms with E-state index in [1.165, 1.54) is 0 Å². The molecular weight excluding hydrogens is 310 g/mol. The monoisotopic (exact) mass is 325 g/mol. The van der Waals surface area contributed by atoms with Crippen LogP contribution in [0.2, 0.25) is 0 Å². The number of halogens is 1. The highest BCUT2D eigenvalue weighted by atomic mass is 79.9. The van der Waals surface area contributed by atoms with E-state index in [1.807, 2.05) is 12.1 Å². The highest BCUT2D eigenvalue weighted by Gasteiger charge is 2.30. The minimum Gasteiger partial charge on any atom is -0.380 e. The summed E-state index contributed by atoms with van der Waals surface area (Å²) in [7, 11) is 1.74. The zero-order valence-corrected chi connectivity index (χ0v) is 12.2. The van der Waals surface area contributed by atoms with Crippen molar-refractivity contribution in [2.24, 2.45) is 5.73 Å². The first-order valence-electron chi connectivity index (χ1n) is 6.27. The fourth-order valence-corrected chi connectivity index (χ4v) is 3.29. The van der Waals surface area contributed by atoms with Crippen molar-refractivity contribution in [2.75, 3.05) is 30.4 Å². The van der Waals surface area contributed by atoms with E-state index in [-0.39, 0.29) is 12.0 Å². The number of hydrogen-bond acceptors (Lipinski definition) is 4. The van der Waals surface area contributed by atoms with E-state index in [0.29, 0.717) is 0 Å². The third-order valence-electron chi connectivity index (χ3n) is 3.81. The Morgan fingerprint density at radius 2 is 2.32 bits per heavy atom. The van der Waals surface area contributed by atoms with Crippen LogP contribution in [0.1, 0.15) is 18.0 Å². The molecule has 2 atom stereocenters. The van der Waals surface area contributed by atoms with Crippen molar-refractivity contribution >= 4 is 33.2 Å². The van der Waals surface area contributed by atoms with Gasteiger partial charge in [-0.05, 0) is 34.5 Å². The van der Waals surface area contributed by atoms with Crippen molar-refractivity contribution in [3.05, 3.63) is 22.2 Å². The molecule has 1 aromatic rings. The van der Waals surface area contributed by atoms with Crippen LogP contribution in [0.4, 0.5) is 11.4 Å². The number of benzene rings is 1. The third-order valence-corrected chi connectivity index (χ3v) is 4.45. The average Bonchev–Trinajstić information content (AvgIpc) is 2.96. The first-order chi connectivity index (χ1) is 9.10. The Bertz CT molecular complexity index is 535. The number of nitrogens with zero attached hydrogens (tertiary/aromatic N) is 1. The van der Waals surface area contributed by atoms with E-state index in [0.717, 1.165) is 40.9 Å². The number of anilines is 2. The van der Waals surface area contributed by atoms with Crippen LogP contribution in [-0.4, -0.2) is 32.2 Å². The maximum absolute atomic E-state index is 11.6. The van der Waals surface area contributed by atoms with Crippen LogP contribution in [0.25, 0.3) is 0 Å². The van der Waals surface area contributed by atoms with Crippen molar-refractivity contribution in [3.63, 3.8) is 0 Å². The predicted octanol–water partition coefficient (Wildman–Crippen LogP) is 1.63. The maximum Gasteiger partial charge on any atom is 0.245 e. The molecule has 19 heavy (non-hydrogen) atoms. The van der Waals surface area contributed by atoms with Gasteiger partial charge in [0, 0.05) is 35.9 Å². The summed E-state index contributed by atoms with van der Waals surface area (Å²) in [4.78, 5) is 13.8. The van der Waals surface area contributed by atoms with E-state index in [9.17, 15) is 4.79 Å². The summed E-state index contributed by atoms with van der Waals surface area (Å²) in [5.41, 5.74) is 8.58. The Morgan fingerprint density at radius 1 is 1.53 bits per heavy atom. The number of carbonyl (C=O) groups is 1. The molecule has 0 radical (unpaired) electrons. The molecular formula is C13H16BrN3O2. The van der Waals surface area contributed by atoms with Gasteiger partial charge in [0.1, 0.15) is 6.04 Å². The van der Waals surface area contributed by atoms with Crippen molar-refractivity contribution in [3.8, 4) is 0 Å². The Kier molecular flexibility index (Phi) is 3.24. The smallest absolute Gasteiger partial charge is 0.245 e. The first kappa shape index (κ1) is 12.9. The number of nitrogens with one attached hydrogen (secondary N) is 1. The number of hydrogen-bond donors (Lipinski definition) is 2. The molecule has 2 heterocycles. The highest BCUT2D eigenvalue weighted by molar-refractivity contribution is 9.10. The van der Waals surface area contributed by atoms with E-state index in [4.69, 9.17) is 10.5 Å². The molecule has 0 aromatic heterocycles. The second-order valence-electron chi connectivity index (χ2n) is 4.95. The number of nitrogens with two attached hydrogens (primary N) is 1. The minimum atomic E-state index is -0.564. The zero-order chi connectivity index (χ0) is 13.6. The zero-order valence-electron chi connectivity index (χ0n) is 10.6. The Hall–Kier alpha value is -1.11. The lowest BCUT2D eigenvalue weighted by molar-refractivity contribution is -0.116. The van der Waals surface area contributed by atoms with Gasteiger partial charge in [-0.1, -0.05) is 0 Å². The molecule has 0 bridgehead atoms. The molecule has 1 aromatic carbocycles. The van der Waals surface area contributed by atoms with Gasteiger partial charge in [-0.3, -0.25) is 4.79 Å². The van der Waals surface area contributed by atoms with Gasteiger partial charge in [-0.25, -0.2) is 0 Å². The number of carbonyl (C=O) groups excluding carboxylic acids is 1. The van der Waals surface area contributed by atoms with E-state index >= 15 is 0 Å². The average molecular weight is 326 g/mol. The lowest BCUT2D eigenvalue weighted by Crippen LogP contribution is -2.22. The van der Waals surface area contributed by atoms with E-state index in [1.54, 1.807) is 7.11 Å². The molecule has 0 spiro atoms. The number of amides is 1. The van der Waals surface area contributed by atoms with Gasteiger partial charge in [0.2, 0.25) is 5.91 Å². The molecule has 2 aliphatic rings. The number of methoxy groups -OCH3 is 1. The Labute approximate surface area is 120 Å². The standard InChI is InChI=1S/C13H16BrN3O2/c1-19-7-2-3-17(6-7)11-5-10-8(4-9(11)14)12(15)13(18)16-10/h4-5,7,12H,2-3,6,15H2,1H3,(H,16,18). The van der Waals surface area contributed by atoms with Crippen LogP contribution in [-0.2, 0) is 9.53 Å². The summed E-state index contributed by atoms with van der Waals surface area (Å²) in [5.74, 6) is -0.143. The Morgan fingerprint density at radius 3 is 3.00 bits per heavy atom. The van der Waals surface area contributed by atoms with E-state index < -0.39 is 6.04 Å². The fraction of sp³-hybridized carbons (Fsp3) is 0.462. The van der Waals surface area contributed by atoms with Gasteiger partial charge in [0.25, 0.3) is 0 Å². The molecule has 1 saturated heterocycles. The first-order valence-corrected chi connectivity index (χ1v) is 7.07. The lowest BCUT2D eigenvalue weighted by atomic mass is 10.1. The fourth-order valence-electron chi connectivity index (χ4n) is 2.68. The second-order valence-corrected chi connectivity index (χ2v) is 5.80. The summed E-state index contributed by atoms with van der Waals surface area (Å²) < 4.78 is 6.35. The van der Waals surface area contributed by atoms with Gasteiger partial charge < -0.3 is 20.7 Å². The van der Waals surface area contributed by atoms with Crippen LogP contribution in [0, 0.1) is 0 Å². The molecule has 0 aliphatic carbocycles.